The number of nitrogens with two attached hydrogens (primary N) is 1. The van der Waals surface area contributed by atoms with Crippen molar-refractivity contribution in [3.05, 3.63) is 107 Å². The number of ether oxygens (including phenoxy) is 8. The number of aromatic nitrogens is 4. The second kappa shape index (κ2) is 29.6. The van der Waals surface area contributed by atoms with Gasteiger partial charge in [0.1, 0.15) is 60.6 Å². The number of carboxylic acids is 2. The van der Waals surface area contributed by atoms with Gasteiger partial charge in [-0.1, -0.05) is 37.3 Å². The van der Waals surface area contributed by atoms with Crippen LogP contribution in [0.25, 0.3) is 21.3 Å². The van der Waals surface area contributed by atoms with E-state index in [-0.39, 0.29) is 105 Å². The van der Waals surface area contributed by atoms with E-state index in [1.165, 1.54) is 41.5 Å². The van der Waals surface area contributed by atoms with Crippen LogP contribution in [0.5, 0.6) is 17.2 Å². The summed E-state index contributed by atoms with van der Waals surface area (Å²) in [6, 6.07) is 17.5. The van der Waals surface area contributed by atoms with Gasteiger partial charge in [0.05, 0.1) is 61.3 Å². The lowest BCUT2D eigenvalue weighted by Gasteiger charge is -2.69. The van der Waals surface area contributed by atoms with Crippen molar-refractivity contribution in [3.63, 3.8) is 0 Å². The smallest absolute Gasteiger partial charge is 0.410 e. The van der Waals surface area contributed by atoms with Gasteiger partial charge in [0.25, 0.3) is 16.0 Å². The third-order valence-electron chi connectivity index (χ3n) is 19.1. The van der Waals surface area contributed by atoms with E-state index in [1.54, 1.807) is 31.5 Å². The molecule has 1 saturated heterocycles. The number of hydrogen-bond donors (Lipinski definition) is 9. The summed E-state index contributed by atoms with van der Waals surface area (Å²) in [5.41, 5.74) is 9.50. The van der Waals surface area contributed by atoms with Crippen LogP contribution < -0.4 is 35.5 Å². The summed E-state index contributed by atoms with van der Waals surface area (Å²) in [5, 5.41) is 62.5. The molecule has 2 unspecified atom stereocenters. The maximum Gasteiger partial charge on any atom is 0.410 e. The summed E-state index contributed by atoms with van der Waals surface area (Å²) < 4.78 is 81.1. The van der Waals surface area contributed by atoms with Crippen molar-refractivity contribution in [1.82, 2.24) is 30.0 Å². The third-order valence-corrected chi connectivity index (χ3v) is 20.8. The number of aliphatic hydroxyl groups is 3. The van der Waals surface area contributed by atoms with Crippen LogP contribution in [0.1, 0.15) is 95.6 Å². The Morgan fingerprint density at radius 3 is 2.32 bits per heavy atom. The summed E-state index contributed by atoms with van der Waals surface area (Å²) in [5.74, 6) is -3.80. The van der Waals surface area contributed by atoms with Crippen LogP contribution in [0.2, 0.25) is 0 Å². The van der Waals surface area contributed by atoms with E-state index >= 15 is 0 Å². The van der Waals surface area contributed by atoms with Gasteiger partial charge in [-0.25, -0.2) is 24.4 Å². The third kappa shape index (κ3) is 16.4. The molecule has 10 N–H and O–H groups in total. The van der Waals surface area contributed by atoms with Gasteiger partial charge in [-0.05, 0) is 122 Å². The number of nitrogens with zero attached hydrogens (tertiary/aromatic N) is 6. The van der Waals surface area contributed by atoms with Gasteiger partial charge in [-0.3, -0.25) is 24.1 Å². The molecule has 6 aromatic rings. The predicted molar refractivity (Wildman–Crippen MR) is 356 cm³/mol. The quantitative estimate of drug-likeness (QED) is 0.0216. The molecule has 534 valence electrons. The Morgan fingerprint density at radius 1 is 0.848 bits per heavy atom. The summed E-state index contributed by atoms with van der Waals surface area (Å²) in [6.45, 7) is 7.84. The average Bonchev–Trinajstić information content (AvgIpc) is 0.845. The molecule has 0 radical (unpaired) electrons. The van der Waals surface area contributed by atoms with Crippen LogP contribution in [0, 0.1) is 23.2 Å². The second-order valence-electron chi connectivity index (χ2n) is 27.0. The first kappa shape index (κ1) is 72.1. The lowest BCUT2D eigenvalue weighted by Crippen LogP contribution is -2.64. The number of aromatic carboxylic acids is 1. The number of aliphatic carboxylic acids is 1. The number of para-hydroxylation sites is 1. The number of methoxy groups -OCH3 is 2. The topological polar surface area (TPSA) is 415 Å². The molecule has 30 nitrogen and oxygen atoms in total. The molecule has 5 heterocycles. The van der Waals surface area contributed by atoms with E-state index in [1.807, 2.05) is 46.8 Å². The first-order valence-electron chi connectivity index (χ1n) is 32.4. The highest BCUT2D eigenvalue weighted by Gasteiger charge is 2.66. The van der Waals surface area contributed by atoms with Crippen molar-refractivity contribution in [2.45, 2.75) is 128 Å². The fourth-order valence-corrected chi connectivity index (χ4v) is 17.4. The molecule has 6 aliphatic rings. The Hall–Kier alpha value is -8.15. The molecule has 4 aliphatic carbocycles. The normalized spacial score (nSPS) is 25.0. The SMILES string of the molecule is COCCN(CCOC12CC3(C)CC(C)(CC(Cn4ncc(-c5ccc(N6CCc7c(OC)ccc(C(=O)Nc8nc9ccccc9s8)c7C6)nc5C(=O)O)c4C)(C3)C1)C2)C(=O)OCc1ccc(O[C@@H]2O[C@H](C(=O)O)[C@@H](O)[C@H](O)[C@H]2O)cc1OCCOCCNC(=O)[C@@H](N)CS(=O)(=O)O. The maximum atomic E-state index is 14.1. The molecule has 2 aliphatic heterocycles. The average molecular weight is 1410 g/mol. The van der Waals surface area contributed by atoms with Crippen LogP contribution in [0.4, 0.5) is 15.7 Å². The minimum absolute atomic E-state index is 0.0428. The molecule has 4 saturated carbocycles. The minimum Gasteiger partial charge on any atom is -0.496 e. The molecule has 12 rings (SSSR count). The molecule has 4 bridgehead atoms. The number of aliphatic hydroxyl groups excluding tert-OH is 3. The van der Waals surface area contributed by atoms with Gasteiger partial charge in [-0.15, -0.1) is 0 Å². The number of amides is 3. The van der Waals surface area contributed by atoms with Gasteiger partial charge < -0.3 is 84.3 Å². The summed E-state index contributed by atoms with van der Waals surface area (Å²) in [7, 11) is -1.39. The van der Waals surface area contributed by atoms with Crippen LogP contribution in [0.3, 0.4) is 0 Å². The zero-order valence-corrected chi connectivity index (χ0v) is 57.1. The van der Waals surface area contributed by atoms with E-state index in [4.69, 9.17) is 58.3 Å². The number of thiazole rings is 1. The monoisotopic (exact) mass is 1410 g/mol. The minimum atomic E-state index is -4.50. The number of carboxylic acid groups (broad SMARTS) is 2. The Labute approximate surface area is 574 Å². The standard InChI is InChI=1S/C67H83N9O21S2/c1-38-44(42-13-15-51(72-52(42)59(82)83)75-18-16-41-45(28-75)43(12-14-48(41)91-5)57(80)73-62-71-47-8-6-7-9-50(47)98-62)27-70-76(38)37-66-32-64(2)31-65(3,33-66)35-67(34-64,36-66)95-23-20-74(19-22-90-4)63(86)94-29-39-10-11-40(96-61-55(79)53(77)54(78)56(97-61)60(84)85)26-49(39)93-25-24-92-21-17-69-58(81)46(68)30-99(87,88)89/h6-15,26-27,46,53-56,61,77-79H,16-25,28-37,68H2,1-5H3,(H,69,81)(H,82,83)(H,84,85)(H,71,73,80)(H,87,88,89)/t46-,53-,54-,55+,56-,61+,64?,65?,66?,67?/m0/s1. The fourth-order valence-electron chi connectivity index (χ4n) is 15.9. The fraction of sp³-hybridized carbons (Fsp3) is 0.522. The van der Waals surface area contributed by atoms with Crippen LogP contribution >= 0.6 is 11.3 Å². The van der Waals surface area contributed by atoms with Crippen molar-refractivity contribution in [2.24, 2.45) is 22.0 Å². The number of rotatable bonds is 30. The number of carbonyl (C=O) groups excluding carboxylic acids is 3. The van der Waals surface area contributed by atoms with Gasteiger partial charge >= 0.3 is 18.0 Å². The zero-order chi connectivity index (χ0) is 70.8. The van der Waals surface area contributed by atoms with Crippen molar-refractivity contribution in [2.75, 3.05) is 89.4 Å². The van der Waals surface area contributed by atoms with Gasteiger partial charge in [0, 0.05) is 86.0 Å². The van der Waals surface area contributed by atoms with E-state index < -0.39 is 82.2 Å². The molecular weight excluding hydrogens is 1330 g/mol. The molecule has 8 atom stereocenters. The molecule has 32 heteroatoms. The van der Waals surface area contributed by atoms with Gasteiger partial charge in [-0.2, -0.15) is 13.5 Å². The number of hydrogen-bond acceptors (Lipinski definition) is 24. The van der Waals surface area contributed by atoms with Gasteiger partial charge in [0.2, 0.25) is 12.2 Å². The molecular formula is C67H83N9O21S2. The number of benzene rings is 3. The van der Waals surface area contributed by atoms with Crippen molar-refractivity contribution in [3.8, 4) is 28.4 Å². The molecule has 0 spiro atoms. The first-order valence-corrected chi connectivity index (χ1v) is 34.8. The predicted octanol–water partition coefficient (Wildman–Crippen LogP) is 4.80. The van der Waals surface area contributed by atoms with E-state index in [9.17, 15) is 57.9 Å². The number of fused-ring (bicyclic) bond motifs is 2. The second-order valence-corrected chi connectivity index (χ2v) is 29.6. The Bertz CT molecular complexity index is 4060. The highest BCUT2D eigenvalue weighted by atomic mass is 32.2. The van der Waals surface area contributed by atoms with E-state index in [0.717, 1.165) is 65.6 Å². The lowest BCUT2D eigenvalue weighted by atomic mass is 9.39. The summed E-state index contributed by atoms with van der Waals surface area (Å²) in [6.07, 6.45) is -2.75. The lowest BCUT2D eigenvalue weighted by molar-refractivity contribution is -0.271. The Morgan fingerprint density at radius 2 is 1.61 bits per heavy atom. The molecule has 3 aromatic carbocycles. The van der Waals surface area contributed by atoms with Crippen LogP contribution in [-0.4, -0.2) is 215 Å². The number of pyridine rings is 1. The molecule has 99 heavy (non-hydrogen) atoms. The number of anilines is 2. The Kier molecular flexibility index (Phi) is 21.5. The maximum absolute atomic E-state index is 14.1. The highest BCUT2D eigenvalue weighted by Crippen LogP contribution is 2.72. The van der Waals surface area contributed by atoms with Crippen LogP contribution in [-0.2, 0) is 69.5 Å². The highest BCUT2D eigenvalue weighted by molar-refractivity contribution is 7.85. The van der Waals surface area contributed by atoms with Gasteiger partial charge in [0.15, 0.2) is 16.9 Å². The number of nitrogens with one attached hydrogen (secondary N) is 2. The van der Waals surface area contributed by atoms with Crippen molar-refractivity contribution >= 4 is 72.5 Å². The van der Waals surface area contributed by atoms with Crippen LogP contribution in [0.15, 0.2) is 72.9 Å². The Balaban J connectivity index is 0.745. The van der Waals surface area contributed by atoms with Crippen molar-refractivity contribution < 1.29 is 100 Å². The summed E-state index contributed by atoms with van der Waals surface area (Å²) >= 11 is 1.38. The van der Waals surface area contributed by atoms with Crippen molar-refractivity contribution in [1.29, 1.82) is 0 Å². The zero-order valence-electron chi connectivity index (χ0n) is 55.4. The molecule has 3 aromatic heterocycles. The van der Waals surface area contributed by atoms with E-state index in [2.05, 4.69) is 29.5 Å². The molecule has 3 amide bonds. The molecule has 5 fully saturated rings. The largest absolute Gasteiger partial charge is 0.496 e. The van der Waals surface area contributed by atoms with E-state index in [0.29, 0.717) is 58.5 Å². The first-order chi connectivity index (χ1) is 47.1. The number of carbonyl (C=O) groups is 5. The summed E-state index contributed by atoms with van der Waals surface area (Å²) in [4.78, 5) is 78.2.